The Morgan fingerprint density at radius 3 is 2.76 bits per heavy atom. The van der Waals surface area contributed by atoms with Gasteiger partial charge in [0.2, 0.25) is 11.9 Å². The Hall–Kier alpha value is -3.17. The summed E-state index contributed by atoms with van der Waals surface area (Å²) < 4.78 is 40.5. The van der Waals surface area contributed by atoms with E-state index in [0.29, 0.717) is 5.52 Å². The molecule has 2 fully saturated rings. The van der Waals surface area contributed by atoms with E-state index in [-0.39, 0.29) is 29.5 Å². The first-order valence-corrected chi connectivity index (χ1v) is 9.27. The maximum Gasteiger partial charge on any atom is 0.435 e. The molecule has 1 aromatic carbocycles. The van der Waals surface area contributed by atoms with Gasteiger partial charge in [-0.3, -0.25) is 9.48 Å². The largest absolute Gasteiger partial charge is 0.435 e. The van der Waals surface area contributed by atoms with Crippen LogP contribution in [0.2, 0.25) is 0 Å². The van der Waals surface area contributed by atoms with E-state index in [0.717, 1.165) is 41.2 Å². The Balaban J connectivity index is 1.49. The summed E-state index contributed by atoms with van der Waals surface area (Å²) in [6, 6.07) is 5.68. The fraction of sp³-hybridized carbons (Fsp3) is 0.368. The number of carbonyl (C=O) groups excluding carboxylic acids is 1. The number of fused-ring (bicyclic) bond motifs is 3. The normalized spacial score (nSPS) is 21.4. The van der Waals surface area contributed by atoms with Crippen molar-refractivity contribution in [2.45, 2.75) is 31.5 Å². The van der Waals surface area contributed by atoms with Gasteiger partial charge in [0.05, 0.1) is 17.4 Å². The van der Waals surface area contributed by atoms with Crippen molar-refractivity contribution >= 4 is 34.1 Å². The minimum Gasteiger partial charge on any atom is -0.321 e. The van der Waals surface area contributed by atoms with Crippen molar-refractivity contribution in [3.8, 4) is 0 Å². The van der Waals surface area contributed by atoms with Gasteiger partial charge in [-0.15, -0.1) is 0 Å². The average molecular weight is 402 g/mol. The third-order valence-electron chi connectivity index (χ3n) is 5.65. The molecule has 1 aliphatic heterocycles. The molecule has 2 bridgehead atoms. The lowest BCUT2D eigenvalue weighted by molar-refractivity contribution is -0.143. The lowest BCUT2D eigenvalue weighted by Gasteiger charge is -2.27. The molecule has 1 aliphatic carbocycles. The molecule has 2 atom stereocenters. The number of alkyl halides is 3. The van der Waals surface area contributed by atoms with E-state index in [4.69, 9.17) is 0 Å². The second-order valence-electron chi connectivity index (χ2n) is 7.46. The van der Waals surface area contributed by atoms with Gasteiger partial charge in [0.25, 0.3) is 0 Å². The molecule has 2 aromatic heterocycles. The SMILES string of the molecule is Cn1ncc(Nc2ncc3ccc(N4C(=O)C5CCC4C5)cc3n2)c1C(F)(F)F. The Labute approximate surface area is 163 Å². The van der Waals surface area contributed by atoms with Crippen LogP contribution in [-0.4, -0.2) is 31.7 Å². The van der Waals surface area contributed by atoms with E-state index in [2.05, 4.69) is 20.4 Å². The molecule has 29 heavy (non-hydrogen) atoms. The van der Waals surface area contributed by atoms with Crippen molar-refractivity contribution in [3.63, 3.8) is 0 Å². The minimum absolute atomic E-state index is 0.0300. The van der Waals surface area contributed by atoms with E-state index in [1.807, 2.05) is 17.0 Å². The van der Waals surface area contributed by atoms with Crippen LogP contribution in [0.4, 0.5) is 30.5 Å². The van der Waals surface area contributed by atoms with E-state index in [9.17, 15) is 18.0 Å². The number of hydrogen-bond donors (Lipinski definition) is 1. The summed E-state index contributed by atoms with van der Waals surface area (Å²) >= 11 is 0. The molecule has 2 aliphatic rings. The first kappa shape index (κ1) is 17.9. The fourth-order valence-electron chi connectivity index (χ4n) is 4.34. The zero-order valence-corrected chi connectivity index (χ0v) is 15.4. The summed E-state index contributed by atoms with van der Waals surface area (Å²) in [7, 11) is 1.22. The second kappa shape index (κ2) is 6.16. The summed E-state index contributed by atoms with van der Waals surface area (Å²) in [5.41, 5.74) is 0.181. The predicted octanol–water partition coefficient (Wildman–Crippen LogP) is 3.64. The van der Waals surface area contributed by atoms with Crippen molar-refractivity contribution in [1.82, 2.24) is 19.7 Å². The van der Waals surface area contributed by atoms with Crippen LogP contribution in [0.3, 0.4) is 0 Å². The molecule has 7 nitrogen and oxygen atoms in total. The Bertz CT molecular complexity index is 1120. The Morgan fingerprint density at radius 2 is 2.03 bits per heavy atom. The van der Waals surface area contributed by atoms with Gasteiger partial charge in [-0.25, -0.2) is 9.97 Å². The monoisotopic (exact) mass is 402 g/mol. The number of aryl methyl sites for hydroxylation is 1. The molecular weight excluding hydrogens is 385 g/mol. The molecule has 10 heteroatoms. The molecule has 150 valence electrons. The third kappa shape index (κ3) is 2.90. The zero-order valence-electron chi connectivity index (χ0n) is 15.4. The maximum absolute atomic E-state index is 13.3. The standard InChI is InChI=1S/C19H17F3N6O/c1-27-16(19(20,21)22)15(9-24-27)26-18-23-8-11-3-5-13(7-14(11)25-18)28-12-4-2-10(6-12)17(28)29/h3,5,7-10,12H,2,4,6H2,1H3,(H,23,25,26). The van der Waals surface area contributed by atoms with Gasteiger partial charge in [-0.1, -0.05) is 0 Å². The number of anilines is 3. The molecule has 1 N–H and O–H groups in total. The molecule has 1 amide bonds. The lowest BCUT2D eigenvalue weighted by atomic mass is 10.1. The topological polar surface area (TPSA) is 75.9 Å². The van der Waals surface area contributed by atoms with E-state index in [1.54, 1.807) is 6.07 Å². The summed E-state index contributed by atoms with van der Waals surface area (Å²) in [5.74, 6) is 0.269. The Kier molecular flexibility index (Phi) is 3.80. The highest BCUT2D eigenvalue weighted by atomic mass is 19.4. The zero-order chi connectivity index (χ0) is 20.3. The average Bonchev–Trinajstić information content (AvgIpc) is 3.35. The summed E-state index contributed by atoms with van der Waals surface area (Å²) in [6.07, 6.45) is 0.882. The smallest absolute Gasteiger partial charge is 0.321 e. The molecular formula is C19H17F3N6O. The lowest BCUT2D eigenvalue weighted by Crippen LogP contribution is -2.36. The van der Waals surface area contributed by atoms with Crippen LogP contribution in [0.5, 0.6) is 0 Å². The number of nitrogens with zero attached hydrogens (tertiary/aromatic N) is 5. The van der Waals surface area contributed by atoms with Crippen LogP contribution < -0.4 is 10.2 Å². The molecule has 1 saturated carbocycles. The summed E-state index contributed by atoms with van der Waals surface area (Å²) in [5, 5.41) is 7.02. The molecule has 0 radical (unpaired) electrons. The third-order valence-corrected chi connectivity index (χ3v) is 5.65. The molecule has 3 heterocycles. The second-order valence-corrected chi connectivity index (χ2v) is 7.46. The van der Waals surface area contributed by atoms with Crippen LogP contribution in [-0.2, 0) is 18.0 Å². The van der Waals surface area contributed by atoms with Gasteiger partial charge in [0.1, 0.15) is 0 Å². The quantitative estimate of drug-likeness (QED) is 0.724. The van der Waals surface area contributed by atoms with Crippen LogP contribution in [0.1, 0.15) is 25.0 Å². The highest BCUT2D eigenvalue weighted by Gasteiger charge is 2.45. The number of benzene rings is 1. The van der Waals surface area contributed by atoms with Gasteiger partial charge < -0.3 is 10.2 Å². The molecule has 3 aromatic rings. The van der Waals surface area contributed by atoms with Gasteiger partial charge in [-0.2, -0.15) is 18.3 Å². The summed E-state index contributed by atoms with van der Waals surface area (Å²) in [6.45, 7) is 0. The number of aromatic nitrogens is 4. The van der Waals surface area contributed by atoms with Crippen LogP contribution >= 0.6 is 0 Å². The molecule has 0 spiro atoms. The van der Waals surface area contributed by atoms with Crippen LogP contribution in [0, 0.1) is 5.92 Å². The summed E-state index contributed by atoms with van der Waals surface area (Å²) in [4.78, 5) is 22.8. The van der Waals surface area contributed by atoms with Gasteiger partial charge in [0.15, 0.2) is 5.69 Å². The number of halogens is 3. The van der Waals surface area contributed by atoms with E-state index < -0.39 is 11.9 Å². The fourth-order valence-corrected chi connectivity index (χ4v) is 4.34. The first-order valence-electron chi connectivity index (χ1n) is 9.27. The van der Waals surface area contributed by atoms with Crippen LogP contribution in [0.15, 0.2) is 30.6 Å². The first-order chi connectivity index (χ1) is 13.8. The highest BCUT2D eigenvalue weighted by molar-refractivity contribution is 6.00. The number of carbonyl (C=O) groups is 1. The van der Waals surface area contributed by atoms with E-state index in [1.165, 1.54) is 13.2 Å². The number of rotatable bonds is 3. The van der Waals surface area contributed by atoms with Crippen molar-refractivity contribution in [3.05, 3.63) is 36.3 Å². The molecule has 5 rings (SSSR count). The van der Waals surface area contributed by atoms with Crippen molar-refractivity contribution < 1.29 is 18.0 Å². The van der Waals surface area contributed by atoms with Crippen LogP contribution in [0.25, 0.3) is 10.9 Å². The Morgan fingerprint density at radius 1 is 1.21 bits per heavy atom. The number of amides is 1. The maximum atomic E-state index is 13.3. The number of nitrogens with one attached hydrogen (secondary N) is 1. The van der Waals surface area contributed by atoms with Gasteiger partial charge in [-0.05, 0) is 37.5 Å². The number of hydrogen-bond acceptors (Lipinski definition) is 5. The predicted molar refractivity (Wildman–Crippen MR) is 99.6 cm³/mol. The number of piperidine rings is 1. The van der Waals surface area contributed by atoms with Crippen molar-refractivity contribution in [2.24, 2.45) is 13.0 Å². The van der Waals surface area contributed by atoms with Crippen molar-refractivity contribution in [1.29, 1.82) is 0 Å². The highest BCUT2D eigenvalue weighted by Crippen LogP contribution is 2.41. The van der Waals surface area contributed by atoms with E-state index >= 15 is 0 Å². The molecule has 2 unspecified atom stereocenters. The minimum atomic E-state index is -4.56. The molecule has 1 saturated heterocycles. The van der Waals surface area contributed by atoms with Crippen molar-refractivity contribution in [2.75, 3.05) is 10.2 Å². The van der Waals surface area contributed by atoms with Gasteiger partial charge in [0, 0.05) is 36.3 Å². The van der Waals surface area contributed by atoms with Gasteiger partial charge >= 0.3 is 6.18 Å².